The number of hydrogen-bond acceptors (Lipinski definition) is 6. The second-order valence-corrected chi connectivity index (χ2v) is 5.25. The topological polar surface area (TPSA) is 95.7 Å². The highest BCUT2D eigenvalue weighted by Crippen LogP contribution is 2.29. The van der Waals surface area contributed by atoms with Crippen LogP contribution in [0, 0.1) is 10.1 Å². The maximum absolute atomic E-state index is 12.3. The molecule has 0 radical (unpaired) electrons. The Balaban J connectivity index is 2.21. The van der Waals surface area contributed by atoms with Gasteiger partial charge in [0, 0.05) is 0 Å². The average Bonchev–Trinajstić information content (AvgIpc) is 2.59. The zero-order valence-corrected chi connectivity index (χ0v) is 14.0. The van der Waals surface area contributed by atoms with Crippen molar-refractivity contribution in [3.05, 3.63) is 74.3 Å². The van der Waals surface area contributed by atoms with E-state index in [1.165, 1.54) is 30.3 Å². The average molecular weight is 364 g/mol. The van der Waals surface area contributed by atoms with E-state index in [-0.39, 0.29) is 40.6 Å². The number of hydrogen-bond donors (Lipinski definition) is 0. The molecule has 0 unspecified atom stereocenters. The van der Waals surface area contributed by atoms with E-state index in [4.69, 9.17) is 21.1 Å². The van der Waals surface area contributed by atoms with Gasteiger partial charge in [-0.3, -0.25) is 10.1 Å². The van der Waals surface area contributed by atoms with Crippen molar-refractivity contribution in [2.75, 3.05) is 6.61 Å². The summed E-state index contributed by atoms with van der Waals surface area (Å²) in [6.45, 7) is 1.46. The summed E-state index contributed by atoms with van der Waals surface area (Å²) in [5, 5.41) is 11.0. The second kappa shape index (κ2) is 8.25. The second-order valence-electron chi connectivity index (χ2n) is 4.85. The number of halogens is 1. The highest BCUT2D eigenvalue weighted by molar-refractivity contribution is 6.32. The van der Waals surface area contributed by atoms with Gasteiger partial charge in [0.05, 0.1) is 28.2 Å². The quantitative estimate of drug-likeness (QED) is 0.440. The van der Waals surface area contributed by atoms with Crippen LogP contribution in [0.15, 0.2) is 42.5 Å². The van der Waals surface area contributed by atoms with E-state index in [0.29, 0.717) is 0 Å². The number of ether oxygens (including phenoxy) is 2. The molecule has 0 atom stereocenters. The van der Waals surface area contributed by atoms with E-state index >= 15 is 0 Å². The molecular formula is C17H14ClNO6. The molecule has 0 aliphatic heterocycles. The molecule has 0 N–H and O–H groups in total. The third-order valence-corrected chi connectivity index (χ3v) is 3.56. The largest absolute Gasteiger partial charge is 0.462 e. The van der Waals surface area contributed by atoms with Crippen LogP contribution in [0.25, 0.3) is 0 Å². The van der Waals surface area contributed by atoms with Crippen LogP contribution in [-0.2, 0) is 16.1 Å². The molecule has 8 heteroatoms. The Bertz CT molecular complexity index is 821. The molecule has 2 aromatic carbocycles. The summed E-state index contributed by atoms with van der Waals surface area (Å²) < 4.78 is 10.0. The molecule has 2 aromatic rings. The number of esters is 2. The summed E-state index contributed by atoms with van der Waals surface area (Å²) in [6.07, 6.45) is 0. The molecule has 0 heterocycles. The Morgan fingerprint density at radius 3 is 2.20 bits per heavy atom. The Morgan fingerprint density at radius 2 is 1.64 bits per heavy atom. The summed E-state index contributed by atoms with van der Waals surface area (Å²) in [7, 11) is 0. The van der Waals surface area contributed by atoms with Gasteiger partial charge in [-0.25, -0.2) is 9.59 Å². The lowest BCUT2D eigenvalue weighted by Gasteiger charge is -2.09. The molecule has 25 heavy (non-hydrogen) atoms. The van der Waals surface area contributed by atoms with Gasteiger partial charge in [0.1, 0.15) is 11.6 Å². The first-order chi connectivity index (χ1) is 12.0. The van der Waals surface area contributed by atoms with Gasteiger partial charge in [-0.2, -0.15) is 0 Å². The smallest absolute Gasteiger partial charge is 0.339 e. The van der Waals surface area contributed by atoms with Gasteiger partial charge in [0.2, 0.25) is 0 Å². The van der Waals surface area contributed by atoms with Crippen molar-refractivity contribution in [1.82, 2.24) is 0 Å². The molecule has 7 nitrogen and oxygen atoms in total. The van der Waals surface area contributed by atoms with E-state index in [0.717, 1.165) is 0 Å². The normalized spacial score (nSPS) is 10.2. The first-order valence-electron chi connectivity index (χ1n) is 7.30. The molecular weight excluding hydrogens is 350 g/mol. The zero-order chi connectivity index (χ0) is 18.4. The number of carbonyl (C=O) groups excluding carboxylic acids is 2. The van der Waals surface area contributed by atoms with Crippen molar-refractivity contribution in [3.63, 3.8) is 0 Å². The van der Waals surface area contributed by atoms with Crippen molar-refractivity contribution in [2.24, 2.45) is 0 Å². The van der Waals surface area contributed by atoms with Gasteiger partial charge >= 0.3 is 11.9 Å². The molecule has 0 fully saturated rings. The minimum atomic E-state index is -0.794. The first-order valence-corrected chi connectivity index (χ1v) is 7.68. The van der Waals surface area contributed by atoms with Crippen LogP contribution in [0.4, 0.5) is 5.69 Å². The third-order valence-electron chi connectivity index (χ3n) is 3.25. The fourth-order valence-electron chi connectivity index (χ4n) is 2.15. The molecule has 0 aliphatic rings. The van der Waals surface area contributed by atoms with Crippen molar-refractivity contribution in [2.45, 2.75) is 13.5 Å². The van der Waals surface area contributed by atoms with Crippen LogP contribution in [0.5, 0.6) is 0 Å². The third kappa shape index (κ3) is 4.33. The summed E-state index contributed by atoms with van der Waals surface area (Å²) in [5.41, 5.74) is -0.0873. The summed E-state index contributed by atoms with van der Waals surface area (Å²) in [5.74, 6) is -1.44. The van der Waals surface area contributed by atoms with Gasteiger partial charge in [-0.1, -0.05) is 29.8 Å². The SMILES string of the molecule is CCOC(=O)c1ccccc1C(=O)OCc1cccc(Cl)c1[N+](=O)[O-]. The van der Waals surface area contributed by atoms with E-state index in [1.54, 1.807) is 19.1 Å². The van der Waals surface area contributed by atoms with Gasteiger partial charge in [0.15, 0.2) is 0 Å². The van der Waals surface area contributed by atoms with Crippen LogP contribution < -0.4 is 0 Å². The Kier molecular flexibility index (Phi) is 6.08. The number of nitro benzene ring substituents is 1. The minimum Gasteiger partial charge on any atom is -0.462 e. The highest BCUT2D eigenvalue weighted by atomic mass is 35.5. The maximum atomic E-state index is 12.3. The summed E-state index contributed by atoms with van der Waals surface area (Å²) in [6, 6.07) is 10.4. The van der Waals surface area contributed by atoms with Crippen LogP contribution in [0.1, 0.15) is 33.2 Å². The number of para-hydroxylation sites is 1. The molecule has 0 spiro atoms. The maximum Gasteiger partial charge on any atom is 0.339 e. The lowest BCUT2D eigenvalue weighted by molar-refractivity contribution is -0.385. The standard InChI is InChI=1S/C17H14ClNO6/c1-2-24-16(20)12-7-3-4-8-13(12)17(21)25-10-11-6-5-9-14(18)15(11)19(22)23/h3-9H,2,10H2,1H3. The number of rotatable bonds is 6. The first kappa shape index (κ1) is 18.4. The van der Waals surface area contributed by atoms with Crippen LogP contribution >= 0.6 is 11.6 Å². The molecule has 130 valence electrons. The summed E-state index contributed by atoms with van der Waals surface area (Å²) >= 11 is 5.81. The molecule has 0 amide bonds. The predicted octanol–water partition coefficient (Wildman–Crippen LogP) is 3.78. The van der Waals surface area contributed by atoms with Gasteiger partial charge in [-0.05, 0) is 31.2 Å². The van der Waals surface area contributed by atoms with Crippen LogP contribution in [-0.4, -0.2) is 23.5 Å². The minimum absolute atomic E-state index is 0.0191. The van der Waals surface area contributed by atoms with Crippen molar-refractivity contribution < 1.29 is 24.0 Å². The number of carbonyl (C=O) groups is 2. The zero-order valence-electron chi connectivity index (χ0n) is 13.2. The van der Waals surface area contributed by atoms with Crippen LogP contribution in [0.3, 0.4) is 0 Å². The van der Waals surface area contributed by atoms with E-state index in [2.05, 4.69) is 0 Å². The Hall–Kier alpha value is -2.93. The molecule has 0 saturated heterocycles. The monoisotopic (exact) mass is 363 g/mol. The summed E-state index contributed by atoms with van der Waals surface area (Å²) in [4.78, 5) is 34.6. The lowest BCUT2D eigenvalue weighted by Crippen LogP contribution is -2.14. The van der Waals surface area contributed by atoms with Crippen molar-refractivity contribution in [3.8, 4) is 0 Å². The Morgan fingerprint density at radius 1 is 1.04 bits per heavy atom. The Labute approximate surface area is 148 Å². The number of nitrogens with zero attached hydrogens (tertiary/aromatic N) is 1. The van der Waals surface area contributed by atoms with E-state index in [9.17, 15) is 19.7 Å². The highest BCUT2D eigenvalue weighted by Gasteiger charge is 2.22. The van der Waals surface area contributed by atoms with Crippen molar-refractivity contribution >= 4 is 29.2 Å². The number of benzene rings is 2. The van der Waals surface area contributed by atoms with Gasteiger partial charge < -0.3 is 9.47 Å². The van der Waals surface area contributed by atoms with E-state index < -0.39 is 16.9 Å². The molecule has 2 rings (SSSR count). The molecule has 0 aromatic heterocycles. The predicted molar refractivity (Wildman–Crippen MR) is 89.6 cm³/mol. The molecule has 0 aliphatic carbocycles. The van der Waals surface area contributed by atoms with Crippen LogP contribution in [0.2, 0.25) is 5.02 Å². The fraction of sp³-hybridized carbons (Fsp3) is 0.176. The van der Waals surface area contributed by atoms with E-state index in [1.807, 2.05) is 0 Å². The fourth-order valence-corrected chi connectivity index (χ4v) is 2.41. The molecule has 0 saturated carbocycles. The number of nitro groups is 1. The van der Waals surface area contributed by atoms with Crippen molar-refractivity contribution in [1.29, 1.82) is 0 Å². The van der Waals surface area contributed by atoms with Gasteiger partial charge in [-0.15, -0.1) is 0 Å². The lowest BCUT2D eigenvalue weighted by atomic mass is 10.1. The molecule has 0 bridgehead atoms. The van der Waals surface area contributed by atoms with Gasteiger partial charge in [0.25, 0.3) is 5.69 Å².